The van der Waals surface area contributed by atoms with E-state index in [1.807, 2.05) is 54.6 Å². The van der Waals surface area contributed by atoms with Gasteiger partial charge in [0.25, 0.3) is 5.91 Å². The summed E-state index contributed by atoms with van der Waals surface area (Å²) in [6.45, 7) is 4.19. The van der Waals surface area contributed by atoms with Crippen molar-refractivity contribution in [3.05, 3.63) is 90.0 Å². The summed E-state index contributed by atoms with van der Waals surface area (Å²) in [5.41, 5.74) is 3.47. The molecule has 0 spiro atoms. The van der Waals surface area contributed by atoms with Gasteiger partial charge >= 0.3 is 0 Å². The minimum Gasteiger partial charge on any atom is -0.483 e. The molecular formula is C27H30N2O3. The van der Waals surface area contributed by atoms with Crippen LogP contribution in [0.1, 0.15) is 43.7 Å². The van der Waals surface area contributed by atoms with Crippen LogP contribution in [0.4, 0.5) is 11.4 Å². The molecule has 0 aliphatic heterocycles. The quantitative estimate of drug-likeness (QED) is 0.428. The van der Waals surface area contributed by atoms with Gasteiger partial charge in [-0.15, -0.1) is 0 Å². The molecule has 166 valence electrons. The van der Waals surface area contributed by atoms with Crippen molar-refractivity contribution < 1.29 is 14.3 Å². The summed E-state index contributed by atoms with van der Waals surface area (Å²) in [4.78, 5) is 24.7. The molecule has 3 rings (SSSR count). The Kier molecular flexibility index (Phi) is 8.44. The van der Waals surface area contributed by atoms with E-state index in [9.17, 15) is 9.59 Å². The molecule has 1 unspecified atom stereocenters. The molecule has 0 saturated carbocycles. The number of para-hydroxylation sites is 1. The fraction of sp³-hybridized carbons (Fsp3) is 0.259. The lowest BCUT2D eigenvalue weighted by Crippen LogP contribution is -2.21. The summed E-state index contributed by atoms with van der Waals surface area (Å²) in [6, 6.07) is 24.8. The SMILES string of the molecule is CCC(C)c1ccccc1OCC(=O)Nc1cccc(NC(=O)CCc2ccccc2)c1. The summed E-state index contributed by atoms with van der Waals surface area (Å²) < 4.78 is 5.78. The highest BCUT2D eigenvalue weighted by atomic mass is 16.5. The van der Waals surface area contributed by atoms with Crippen molar-refractivity contribution in [3.8, 4) is 5.75 Å². The Balaban J connectivity index is 1.51. The van der Waals surface area contributed by atoms with Crippen molar-refractivity contribution >= 4 is 23.2 Å². The van der Waals surface area contributed by atoms with Gasteiger partial charge in [-0.3, -0.25) is 9.59 Å². The third-order valence-corrected chi connectivity index (χ3v) is 5.33. The van der Waals surface area contributed by atoms with Crippen LogP contribution in [0.25, 0.3) is 0 Å². The Labute approximate surface area is 189 Å². The first-order valence-electron chi connectivity index (χ1n) is 11.0. The number of amides is 2. The molecule has 5 nitrogen and oxygen atoms in total. The molecule has 3 aromatic carbocycles. The van der Waals surface area contributed by atoms with E-state index in [0.29, 0.717) is 30.1 Å². The molecule has 32 heavy (non-hydrogen) atoms. The second-order valence-electron chi connectivity index (χ2n) is 7.80. The topological polar surface area (TPSA) is 67.4 Å². The van der Waals surface area contributed by atoms with Crippen LogP contribution in [0.15, 0.2) is 78.9 Å². The van der Waals surface area contributed by atoms with E-state index in [4.69, 9.17) is 4.74 Å². The van der Waals surface area contributed by atoms with Crippen molar-refractivity contribution in [2.45, 2.75) is 39.0 Å². The maximum Gasteiger partial charge on any atom is 0.262 e. The number of carbonyl (C=O) groups is 2. The van der Waals surface area contributed by atoms with Gasteiger partial charge in [0.05, 0.1) is 0 Å². The molecule has 0 aromatic heterocycles. The van der Waals surface area contributed by atoms with Crippen molar-refractivity contribution in [3.63, 3.8) is 0 Å². The molecule has 0 heterocycles. The Morgan fingerprint density at radius 3 is 2.22 bits per heavy atom. The van der Waals surface area contributed by atoms with Crippen molar-refractivity contribution in [1.82, 2.24) is 0 Å². The van der Waals surface area contributed by atoms with E-state index >= 15 is 0 Å². The maximum absolute atomic E-state index is 12.4. The van der Waals surface area contributed by atoms with Crippen LogP contribution in [0.3, 0.4) is 0 Å². The number of ether oxygens (including phenoxy) is 1. The Hall–Kier alpha value is -3.60. The molecule has 0 saturated heterocycles. The Bertz CT molecular complexity index is 1030. The number of rotatable bonds is 10. The monoisotopic (exact) mass is 430 g/mol. The molecule has 0 fully saturated rings. The molecule has 2 amide bonds. The van der Waals surface area contributed by atoms with Gasteiger partial charge in [-0.2, -0.15) is 0 Å². The van der Waals surface area contributed by atoms with Crippen molar-refractivity contribution in [2.24, 2.45) is 0 Å². The third-order valence-electron chi connectivity index (χ3n) is 5.33. The minimum atomic E-state index is -0.253. The number of carbonyl (C=O) groups excluding carboxylic acids is 2. The second kappa shape index (κ2) is 11.7. The highest BCUT2D eigenvalue weighted by Crippen LogP contribution is 2.28. The zero-order valence-corrected chi connectivity index (χ0v) is 18.6. The van der Waals surface area contributed by atoms with Gasteiger partial charge in [-0.05, 0) is 54.2 Å². The summed E-state index contributed by atoms with van der Waals surface area (Å²) in [5, 5.41) is 5.72. The number of anilines is 2. The first-order chi connectivity index (χ1) is 15.5. The predicted octanol–water partition coefficient (Wildman–Crippen LogP) is 5.79. The number of hydrogen-bond acceptors (Lipinski definition) is 3. The second-order valence-corrected chi connectivity index (χ2v) is 7.80. The van der Waals surface area contributed by atoms with Crippen LogP contribution in [-0.2, 0) is 16.0 Å². The average molecular weight is 431 g/mol. The zero-order chi connectivity index (χ0) is 22.8. The normalized spacial score (nSPS) is 11.4. The van der Waals surface area contributed by atoms with Crippen LogP contribution >= 0.6 is 0 Å². The molecule has 0 aliphatic carbocycles. The molecule has 0 aliphatic rings. The smallest absolute Gasteiger partial charge is 0.262 e. The Morgan fingerprint density at radius 1 is 0.844 bits per heavy atom. The van der Waals surface area contributed by atoms with E-state index < -0.39 is 0 Å². The number of benzene rings is 3. The van der Waals surface area contributed by atoms with Crippen LogP contribution in [0.2, 0.25) is 0 Å². The lowest BCUT2D eigenvalue weighted by Gasteiger charge is -2.15. The van der Waals surface area contributed by atoms with Crippen molar-refractivity contribution in [1.29, 1.82) is 0 Å². The van der Waals surface area contributed by atoms with E-state index in [-0.39, 0.29) is 18.4 Å². The van der Waals surface area contributed by atoms with Crippen LogP contribution in [0, 0.1) is 0 Å². The van der Waals surface area contributed by atoms with Gasteiger partial charge in [0.1, 0.15) is 5.75 Å². The number of aryl methyl sites for hydroxylation is 1. The summed E-state index contributed by atoms with van der Waals surface area (Å²) in [6.07, 6.45) is 2.07. The largest absolute Gasteiger partial charge is 0.483 e. The van der Waals surface area contributed by atoms with Gasteiger partial charge in [0, 0.05) is 17.8 Å². The predicted molar refractivity (Wildman–Crippen MR) is 129 cm³/mol. The van der Waals surface area contributed by atoms with Gasteiger partial charge in [-0.25, -0.2) is 0 Å². The number of hydrogen-bond donors (Lipinski definition) is 2. The summed E-state index contributed by atoms with van der Waals surface area (Å²) in [7, 11) is 0. The summed E-state index contributed by atoms with van der Waals surface area (Å²) >= 11 is 0. The maximum atomic E-state index is 12.4. The molecular weight excluding hydrogens is 400 g/mol. The van der Waals surface area contributed by atoms with Crippen LogP contribution in [0.5, 0.6) is 5.75 Å². The van der Waals surface area contributed by atoms with E-state index in [0.717, 1.165) is 23.3 Å². The lowest BCUT2D eigenvalue weighted by atomic mass is 9.98. The summed E-state index contributed by atoms with van der Waals surface area (Å²) in [5.74, 6) is 0.770. The minimum absolute atomic E-state index is 0.0673. The fourth-order valence-electron chi connectivity index (χ4n) is 3.38. The fourth-order valence-corrected chi connectivity index (χ4v) is 3.38. The first kappa shape index (κ1) is 23.1. The van der Waals surface area contributed by atoms with Gasteiger partial charge < -0.3 is 15.4 Å². The Morgan fingerprint density at radius 2 is 1.50 bits per heavy atom. The van der Waals surface area contributed by atoms with Crippen LogP contribution in [-0.4, -0.2) is 18.4 Å². The highest BCUT2D eigenvalue weighted by Gasteiger charge is 2.12. The van der Waals surface area contributed by atoms with E-state index in [1.54, 1.807) is 24.3 Å². The van der Waals surface area contributed by atoms with Crippen LogP contribution < -0.4 is 15.4 Å². The molecule has 0 radical (unpaired) electrons. The zero-order valence-electron chi connectivity index (χ0n) is 18.6. The van der Waals surface area contributed by atoms with E-state index in [1.165, 1.54) is 0 Å². The molecule has 1 atom stereocenters. The molecule has 3 aromatic rings. The van der Waals surface area contributed by atoms with Gasteiger partial charge in [0.2, 0.25) is 5.91 Å². The molecule has 2 N–H and O–H groups in total. The lowest BCUT2D eigenvalue weighted by molar-refractivity contribution is -0.118. The highest BCUT2D eigenvalue weighted by molar-refractivity contribution is 5.94. The van der Waals surface area contributed by atoms with Crippen molar-refractivity contribution in [2.75, 3.05) is 17.2 Å². The van der Waals surface area contributed by atoms with Gasteiger partial charge in [-0.1, -0.05) is 68.4 Å². The average Bonchev–Trinajstić information content (AvgIpc) is 2.82. The molecule has 5 heteroatoms. The third kappa shape index (κ3) is 6.98. The first-order valence-corrected chi connectivity index (χ1v) is 11.0. The van der Waals surface area contributed by atoms with Gasteiger partial charge in [0.15, 0.2) is 6.61 Å². The standard InChI is InChI=1S/C27H30N2O3/c1-3-20(2)24-14-7-8-15-25(24)32-19-27(31)29-23-13-9-12-22(18-23)28-26(30)17-16-21-10-5-4-6-11-21/h4-15,18,20H,3,16-17,19H2,1-2H3,(H,28,30)(H,29,31). The van der Waals surface area contributed by atoms with E-state index in [2.05, 4.69) is 24.5 Å². The number of nitrogens with one attached hydrogen (secondary N) is 2. The molecule has 0 bridgehead atoms.